The minimum Gasteiger partial charge on any atom is -0.394 e. The van der Waals surface area contributed by atoms with Crippen molar-refractivity contribution in [2.24, 2.45) is 0 Å². The van der Waals surface area contributed by atoms with Gasteiger partial charge in [-0.3, -0.25) is 0 Å². The molecule has 116 valence electrons. The topological polar surface area (TPSA) is 61.8 Å². The van der Waals surface area contributed by atoms with Crippen LogP contribution in [0.1, 0.15) is 30.5 Å². The zero-order chi connectivity index (χ0) is 15.2. The molecule has 1 aromatic carbocycles. The van der Waals surface area contributed by atoms with Crippen molar-refractivity contribution in [1.29, 1.82) is 0 Å². The Bertz CT molecular complexity index is 478. The lowest BCUT2D eigenvalue weighted by Gasteiger charge is -2.37. The number of benzene rings is 1. The second-order valence-corrected chi connectivity index (χ2v) is 5.35. The molecule has 2 atom stereocenters. The van der Waals surface area contributed by atoms with E-state index >= 15 is 0 Å². The molecule has 5 heteroatoms. The maximum atomic E-state index is 12.5. The van der Waals surface area contributed by atoms with Crippen molar-refractivity contribution in [1.82, 2.24) is 10.2 Å². The smallest absolute Gasteiger partial charge is 0.318 e. The molecule has 0 bridgehead atoms. The first-order valence-electron chi connectivity index (χ1n) is 7.46. The molecule has 2 N–H and O–H groups in total. The molecule has 0 saturated heterocycles. The number of fused-ring (bicyclic) bond motifs is 1. The number of hydrogen-bond donors (Lipinski definition) is 2. The minimum atomic E-state index is -0.269. The summed E-state index contributed by atoms with van der Waals surface area (Å²) in [5.74, 6) is 0. The van der Waals surface area contributed by atoms with Gasteiger partial charge in [0.2, 0.25) is 0 Å². The summed E-state index contributed by atoms with van der Waals surface area (Å²) in [7, 11) is 1.63. The van der Waals surface area contributed by atoms with E-state index in [1.54, 1.807) is 12.0 Å². The molecule has 21 heavy (non-hydrogen) atoms. The average molecular weight is 292 g/mol. The quantitative estimate of drug-likeness (QED) is 0.868. The molecular formula is C16H24N2O3. The standard InChI is InChI=1S/C16H24N2O3/c1-3-13(11-21-2)17-16(20)18-9-8-12-6-4-5-7-14(12)15(18)10-19/h4-7,13,15,19H,3,8-11H2,1-2H3,(H,17,20). The molecule has 2 rings (SSSR count). The van der Waals surface area contributed by atoms with Crippen LogP contribution >= 0.6 is 0 Å². The Morgan fingerprint density at radius 1 is 1.52 bits per heavy atom. The number of methoxy groups -OCH3 is 1. The number of rotatable bonds is 5. The van der Waals surface area contributed by atoms with Crippen molar-refractivity contribution in [2.45, 2.75) is 31.8 Å². The Morgan fingerprint density at radius 3 is 2.95 bits per heavy atom. The van der Waals surface area contributed by atoms with Gasteiger partial charge in [-0.15, -0.1) is 0 Å². The fourth-order valence-corrected chi connectivity index (χ4v) is 2.81. The van der Waals surface area contributed by atoms with Crippen LogP contribution in [0.25, 0.3) is 0 Å². The fourth-order valence-electron chi connectivity index (χ4n) is 2.81. The van der Waals surface area contributed by atoms with Gasteiger partial charge in [0, 0.05) is 13.7 Å². The molecule has 2 amide bonds. The number of aliphatic hydroxyl groups excluding tert-OH is 1. The van der Waals surface area contributed by atoms with E-state index in [-0.39, 0.29) is 24.7 Å². The van der Waals surface area contributed by atoms with Crippen LogP contribution in [0.2, 0.25) is 0 Å². The highest BCUT2D eigenvalue weighted by molar-refractivity contribution is 5.75. The third-order valence-electron chi connectivity index (χ3n) is 4.03. The highest BCUT2D eigenvalue weighted by Crippen LogP contribution is 2.29. The lowest BCUT2D eigenvalue weighted by molar-refractivity contribution is 0.116. The first kappa shape index (κ1) is 15.8. The third-order valence-corrected chi connectivity index (χ3v) is 4.03. The predicted molar refractivity (Wildman–Crippen MR) is 81.2 cm³/mol. The second kappa shape index (κ2) is 7.43. The monoisotopic (exact) mass is 292 g/mol. The largest absolute Gasteiger partial charge is 0.394 e. The highest BCUT2D eigenvalue weighted by atomic mass is 16.5. The average Bonchev–Trinajstić information content (AvgIpc) is 2.53. The van der Waals surface area contributed by atoms with Crippen LogP contribution in [0.4, 0.5) is 4.79 Å². The second-order valence-electron chi connectivity index (χ2n) is 5.35. The minimum absolute atomic E-state index is 0.000914. The summed E-state index contributed by atoms with van der Waals surface area (Å²) in [5, 5.41) is 12.7. The summed E-state index contributed by atoms with van der Waals surface area (Å²) in [6.45, 7) is 3.07. The SMILES string of the molecule is CCC(COC)NC(=O)N1CCc2ccccc2C1CO. The van der Waals surface area contributed by atoms with Crippen molar-refractivity contribution < 1.29 is 14.6 Å². The number of amides is 2. The van der Waals surface area contributed by atoms with Gasteiger partial charge in [-0.05, 0) is 24.0 Å². The zero-order valence-electron chi connectivity index (χ0n) is 12.7. The van der Waals surface area contributed by atoms with Crippen LogP contribution in [0, 0.1) is 0 Å². The van der Waals surface area contributed by atoms with Crippen molar-refractivity contribution in [3.63, 3.8) is 0 Å². The third kappa shape index (κ3) is 3.54. The van der Waals surface area contributed by atoms with Crippen LogP contribution in [-0.4, -0.2) is 48.9 Å². The Morgan fingerprint density at radius 2 is 2.29 bits per heavy atom. The van der Waals surface area contributed by atoms with E-state index in [9.17, 15) is 9.90 Å². The lowest BCUT2D eigenvalue weighted by atomic mass is 9.93. The van der Waals surface area contributed by atoms with E-state index in [4.69, 9.17) is 4.74 Å². The van der Waals surface area contributed by atoms with Gasteiger partial charge in [-0.2, -0.15) is 0 Å². The van der Waals surface area contributed by atoms with Gasteiger partial charge >= 0.3 is 6.03 Å². The summed E-state index contributed by atoms with van der Waals surface area (Å²) in [6, 6.07) is 7.59. The van der Waals surface area contributed by atoms with E-state index < -0.39 is 0 Å². The first-order chi connectivity index (χ1) is 10.2. The number of urea groups is 1. The van der Waals surface area contributed by atoms with Crippen molar-refractivity contribution in [3.8, 4) is 0 Å². The number of nitrogens with one attached hydrogen (secondary N) is 1. The summed E-state index contributed by atoms with van der Waals surface area (Å²) in [5.41, 5.74) is 2.26. The van der Waals surface area contributed by atoms with Crippen LogP contribution in [0.5, 0.6) is 0 Å². The van der Waals surface area contributed by atoms with E-state index in [0.29, 0.717) is 13.2 Å². The van der Waals surface area contributed by atoms with Crippen molar-refractivity contribution >= 4 is 6.03 Å². The molecule has 1 heterocycles. The Labute approximate surface area is 125 Å². The van der Waals surface area contributed by atoms with Crippen LogP contribution < -0.4 is 5.32 Å². The van der Waals surface area contributed by atoms with Crippen LogP contribution in [0.15, 0.2) is 24.3 Å². The molecule has 0 aliphatic carbocycles. The van der Waals surface area contributed by atoms with E-state index in [2.05, 4.69) is 11.4 Å². The fraction of sp³-hybridized carbons (Fsp3) is 0.562. The zero-order valence-corrected chi connectivity index (χ0v) is 12.7. The molecule has 0 spiro atoms. The molecule has 2 unspecified atom stereocenters. The molecule has 0 saturated carbocycles. The molecule has 0 aromatic heterocycles. The summed E-state index contributed by atoms with van der Waals surface area (Å²) in [4.78, 5) is 14.2. The summed E-state index contributed by atoms with van der Waals surface area (Å²) < 4.78 is 5.11. The number of carbonyl (C=O) groups excluding carboxylic acids is 1. The summed E-state index contributed by atoms with van der Waals surface area (Å²) >= 11 is 0. The molecule has 1 aromatic rings. The molecule has 0 fully saturated rings. The molecule has 1 aliphatic heterocycles. The van der Waals surface area contributed by atoms with Gasteiger partial charge in [0.05, 0.1) is 25.3 Å². The maximum Gasteiger partial charge on any atom is 0.318 e. The Balaban J connectivity index is 2.11. The predicted octanol–water partition coefficient (Wildman–Crippen LogP) is 1.71. The number of nitrogens with zero attached hydrogens (tertiary/aromatic N) is 1. The molecule has 0 radical (unpaired) electrons. The van der Waals surface area contributed by atoms with Crippen molar-refractivity contribution in [2.75, 3.05) is 26.9 Å². The first-order valence-corrected chi connectivity index (χ1v) is 7.46. The normalized spacial score (nSPS) is 19.0. The van der Waals surface area contributed by atoms with E-state index in [1.165, 1.54) is 5.56 Å². The van der Waals surface area contributed by atoms with Gasteiger partial charge in [-0.25, -0.2) is 4.79 Å². The maximum absolute atomic E-state index is 12.5. The van der Waals surface area contributed by atoms with Gasteiger partial charge < -0.3 is 20.1 Å². The number of aliphatic hydroxyl groups is 1. The van der Waals surface area contributed by atoms with Crippen molar-refractivity contribution in [3.05, 3.63) is 35.4 Å². The van der Waals surface area contributed by atoms with Gasteiger partial charge in [0.1, 0.15) is 0 Å². The van der Waals surface area contributed by atoms with Gasteiger partial charge in [-0.1, -0.05) is 31.2 Å². The molecule has 5 nitrogen and oxygen atoms in total. The lowest BCUT2D eigenvalue weighted by Crippen LogP contribution is -2.50. The van der Waals surface area contributed by atoms with E-state index in [0.717, 1.165) is 18.4 Å². The van der Waals surface area contributed by atoms with Crippen LogP contribution in [0.3, 0.4) is 0 Å². The Kier molecular flexibility index (Phi) is 5.59. The molecule has 1 aliphatic rings. The number of ether oxygens (including phenoxy) is 1. The van der Waals surface area contributed by atoms with Gasteiger partial charge in [0.25, 0.3) is 0 Å². The number of carbonyl (C=O) groups is 1. The molecular weight excluding hydrogens is 268 g/mol. The Hall–Kier alpha value is -1.59. The van der Waals surface area contributed by atoms with E-state index in [1.807, 2.05) is 25.1 Å². The number of hydrogen-bond acceptors (Lipinski definition) is 3. The van der Waals surface area contributed by atoms with Gasteiger partial charge in [0.15, 0.2) is 0 Å². The highest BCUT2D eigenvalue weighted by Gasteiger charge is 2.30. The van der Waals surface area contributed by atoms with Crippen LogP contribution in [-0.2, 0) is 11.2 Å². The summed E-state index contributed by atoms with van der Waals surface area (Å²) in [6.07, 6.45) is 1.63.